The number of halogens is 2. The van der Waals surface area contributed by atoms with E-state index in [2.05, 4.69) is 10.5 Å². The molecule has 7 heteroatoms. The number of benzene rings is 2. The lowest BCUT2D eigenvalue weighted by Gasteiger charge is -2.08. The lowest BCUT2D eigenvalue weighted by Crippen LogP contribution is -2.12. The van der Waals surface area contributed by atoms with Crippen molar-refractivity contribution < 1.29 is 22.8 Å². The van der Waals surface area contributed by atoms with Crippen molar-refractivity contribution in [2.24, 2.45) is 0 Å². The molecule has 3 rings (SSSR count). The second kappa shape index (κ2) is 6.72. The number of nitrogens with zero attached hydrogens (tertiary/aromatic N) is 1. The van der Waals surface area contributed by atoms with Crippen molar-refractivity contribution in [3.8, 4) is 11.5 Å². The first-order chi connectivity index (χ1) is 11.9. The molecule has 0 saturated carbocycles. The van der Waals surface area contributed by atoms with Crippen LogP contribution >= 0.6 is 0 Å². The SMILES string of the molecule is Cc1noc(C)c1NC(=O)c1ccc(Oc2ccc(F)c(F)c2)cc1. The fraction of sp³-hybridized carbons (Fsp3) is 0.111. The number of nitrogens with one attached hydrogen (secondary N) is 1. The Labute approximate surface area is 142 Å². The summed E-state index contributed by atoms with van der Waals surface area (Å²) in [6.07, 6.45) is 0. The van der Waals surface area contributed by atoms with E-state index in [9.17, 15) is 13.6 Å². The van der Waals surface area contributed by atoms with E-state index in [0.29, 0.717) is 28.5 Å². The first-order valence-corrected chi connectivity index (χ1v) is 7.41. The summed E-state index contributed by atoms with van der Waals surface area (Å²) in [5, 5.41) is 6.50. The smallest absolute Gasteiger partial charge is 0.255 e. The molecule has 1 amide bonds. The van der Waals surface area contributed by atoms with Gasteiger partial charge in [-0.3, -0.25) is 4.79 Å². The molecule has 0 spiro atoms. The molecule has 1 heterocycles. The number of aromatic nitrogens is 1. The van der Waals surface area contributed by atoms with Crippen molar-refractivity contribution in [3.05, 3.63) is 71.1 Å². The standard InChI is InChI=1S/C18H14F2N2O3/c1-10-17(11(2)25-22-10)21-18(23)12-3-5-13(6-4-12)24-14-7-8-15(19)16(20)9-14/h3-9H,1-2H3,(H,21,23). The van der Waals surface area contributed by atoms with E-state index in [1.807, 2.05) is 0 Å². The number of carbonyl (C=O) groups excluding carboxylic acids is 1. The summed E-state index contributed by atoms with van der Waals surface area (Å²) in [5.74, 6) is -1.20. The van der Waals surface area contributed by atoms with Crippen molar-refractivity contribution in [3.63, 3.8) is 0 Å². The van der Waals surface area contributed by atoms with E-state index in [4.69, 9.17) is 9.26 Å². The number of hydrogen-bond acceptors (Lipinski definition) is 4. The van der Waals surface area contributed by atoms with Gasteiger partial charge in [-0.2, -0.15) is 0 Å². The average molecular weight is 344 g/mol. The highest BCUT2D eigenvalue weighted by atomic mass is 19.2. The maximum Gasteiger partial charge on any atom is 0.255 e. The van der Waals surface area contributed by atoms with Crippen LogP contribution in [0.1, 0.15) is 21.8 Å². The van der Waals surface area contributed by atoms with Gasteiger partial charge in [-0.25, -0.2) is 8.78 Å². The maximum atomic E-state index is 13.2. The van der Waals surface area contributed by atoms with E-state index in [1.165, 1.54) is 6.07 Å². The molecule has 2 aromatic carbocycles. The predicted molar refractivity (Wildman–Crippen MR) is 86.8 cm³/mol. The van der Waals surface area contributed by atoms with E-state index < -0.39 is 11.6 Å². The molecule has 0 unspecified atom stereocenters. The quantitative estimate of drug-likeness (QED) is 0.750. The van der Waals surface area contributed by atoms with Crippen LogP contribution in [-0.2, 0) is 0 Å². The van der Waals surface area contributed by atoms with Crippen molar-refractivity contribution in [1.82, 2.24) is 5.16 Å². The van der Waals surface area contributed by atoms with Crippen LogP contribution in [-0.4, -0.2) is 11.1 Å². The van der Waals surface area contributed by atoms with Gasteiger partial charge in [0.15, 0.2) is 17.4 Å². The fourth-order valence-electron chi connectivity index (χ4n) is 2.20. The zero-order valence-corrected chi connectivity index (χ0v) is 13.5. The number of ether oxygens (including phenoxy) is 1. The normalized spacial score (nSPS) is 10.6. The molecular formula is C18H14F2N2O3. The first-order valence-electron chi connectivity index (χ1n) is 7.41. The Morgan fingerprint density at radius 2 is 1.72 bits per heavy atom. The second-order valence-electron chi connectivity index (χ2n) is 5.36. The highest BCUT2D eigenvalue weighted by molar-refractivity contribution is 6.04. The number of hydrogen-bond donors (Lipinski definition) is 1. The number of amides is 1. The minimum Gasteiger partial charge on any atom is -0.457 e. The Balaban J connectivity index is 1.71. The number of carbonyl (C=O) groups is 1. The topological polar surface area (TPSA) is 64.4 Å². The van der Waals surface area contributed by atoms with Crippen LogP contribution in [0.15, 0.2) is 47.0 Å². The molecule has 0 aliphatic rings. The molecule has 0 atom stereocenters. The van der Waals surface area contributed by atoms with Crippen LogP contribution in [0, 0.1) is 25.5 Å². The number of anilines is 1. The molecule has 0 aliphatic heterocycles. The third-order valence-electron chi connectivity index (χ3n) is 3.52. The van der Waals surface area contributed by atoms with Gasteiger partial charge in [0.1, 0.15) is 22.9 Å². The van der Waals surface area contributed by atoms with Gasteiger partial charge < -0.3 is 14.6 Å². The predicted octanol–water partition coefficient (Wildman–Crippen LogP) is 4.61. The Kier molecular flexibility index (Phi) is 4.47. The lowest BCUT2D eigenvalue weighted by molar-refractivity contribution is 0.102. The molecule has 0 aliphatic carbocycles. The summed E-state index contributed by atoms with van der Waals surface area (Å²) < 4.78 is 36.5. The minimum atomic E-state index is -0.993. The molecule has 1 aromatic heterocycles. The van der Waals surface area contributed by atoms with Crippen LogP contribution in [0.25, 0.3) is 0 Å². The Hall–Kier alpha value is -3.22. The zero-order chi connectivity index (χ0) is 18.0. The molecule has 5 nitrogen and oxygen atoms in total. The molecule has 0 fully saturated rings. The molecule has 0 bridgehead atoms. The van der Waals surface area contributed by atoms with E-state index in [1.54, 1.807) is 38.1 Å². The molecular weight excluding hydrogens is 330 g/mol. The molecule has 25 heavy (non-hydrogen) atoms. The maximum absolute atomic E-state index is 13.2. The van der Waals surface area contributed by atoms with Gasteiger partial charge in [0.2, 0.25) is 0 Å². The summed E-state index contributed by atoms with van der Waals surface area (Å²) in [6.45, 7) is 3.43. The minimum absolute atomic E-state index is 0.159. The van der Waals surface area contributed by atoms with Gasteiger partial charge in [0, 0.05) is 11.6 Å². The monoisotopic (exact) mass is 344 g/mol. The molecule has 1 N–H and O–H groups in total. The molecule has 0 saturated heterocycles. The van der Waals surface area contributed by atoms with Gasteiger partial charge in [-0.05, 0) is 50.2 Å². The van der Waals surface area contributed by atoms with Crippen LogP contribution in [0.5, 0.6) is 11.5 Å². The molecule has 128 valence electrons. The third-order valence-corrected chi connectivity index (χ3v) is 3.52. The highest BCUT2D eigenvalue weighted by Crippen LogP contribution is 2.24. The Morgan fingerprint density at radius 1 is 1.04 bits per heavy atom. The van der Waals surface area contributed by atoms with E-state index in [0.717, 1.165) is 12.1 Å². The largest absolute Gasteiger partial charge is 0.457 e. The summed E-state index contributed by atoms with van der Waals surface area (Å²) in [6, 6.07) is 9.48. The lowest BCUT2D eigenvalue weighted by atomic mass is 10.2. The summed E-state index contributed by atoms with van der Waals surface area (Å²) in [5.41, 5.74) is 1.52. The number of rotatable bonds is 4. The summed E-state index contributed by atoms with van der Waals surface area (Å²) in [7, 11) is 0. The van der Waals surface area contributed by atoms with Crippen LogP contribution in [0.4, 0.5) is 14.5 Å². The molecule has 3 aromatic rings. The van der Waals surface area contributed by atoms with Crippen molar-refractivity contribution >= 4 is 11.6 Å². The second-order valence-corrected chi connectivity index (χ2v) is 5.36. The van der Waals surface area contributed by atoms with Crippen molar-refractivity contribution in [2.75, 3.05) is 5.32 Å². The van der Waals surface area contributed by atoms with E-state index in [-0.39, 0.29) is 11.7 Å². The van der Waals surface area contributed by atoms with E-state index >= 15 is 0 Å². The van der Waals surface area contributed by atoms with Crippen LogP contribution in [0.3, 0.4) is 0 Å². The summed E-state index contributed by atoms with van der Waals surface area (Å²) >= 11 is 0. The van der Waals surface area contributed by atoms with Gasteiger partial charge in [-0.15, -0.1) is 0 Å². The first kappa shape index (κ1) is 16.6. The summed E-state index contributed by atoms with van der Waals surface area (Å²) in [4.78, 5) is 12.3. The van der Waals surface area contributed by atoms with Crippen LogP contribution in [0.2, 0.25) is 0 Å². The van der Waals surface area contributed by atoms with Gasteiger partial charge in [0.05, 0.1) is 0 Å². The highest BCUT2D eigenvalue weighted by Gasteiger charge is 2.14. The fourth-order valence-corrected chi connectivity index (χ4v) is 2.20. The molecule has 0 radical (unpaired) electrons. The van der Waals surface area contributed by atoms with Gasteiger partial charge >= 0.3 is 0 Å². The Bertz CT molecular complexity index is 901. The average Bonchev–Trinajstić information content (AvgIpc) is 2.91. The third kappa shape index (κ3) is 3.65. The van der Waals surface area contributed by atoms with Crippen LogP contribution < -0.4 is 10.1 Å². The number of aryl methyl sites for hydroxylation is 2. The Morgan fingerprint density at radius 3 is 2.32 bits per heavy atom. The van der Waals surface area contributed by atoms with Gasteiger partial charge in [0.25, 0.3) is 5.91 Å². The van der Waals surface area contributed by atoms with Gasteiger partial charge in [-0.1, -0.05) is 5.16 Å². The van der Waals surface area contributed by atoms with Crippen molar-refractivity contribution in [2.45, 2.75) is 13.8 Å². The zero-order valence-electron chi connectivity index (χ0n) is 13.5. The van der Waals surface area contributed by atoms with Crippen molar-refractivity contribution in [1.29, 1.82) is 0 Å².